The zero-order valence-electron chi connectivity index (χ0n) is 5.95. The Labute approximate surface area is 67.2 Å². The van der Waals surface area contributed by atoms with Gasteiger partial charge in [0, 0.05) is 6.26 Å². The van der Waals surface area contributed by atoms with E-state index < -0.39 is 26.6 Å². The van der Waals surface area contributed by atoms with Crippen molar-refractivity contribution in [2.24, 2.45) is 0 Å². The fourth-order valence-electron chi connectivity index (χ4n) is 0.639. The highest BCUT2D eigenvalue weighted by Gasteiger charge is 2.21. The molecule has 4 nitrogen and oxygen atoms in total. The quantitative estimate of drug-likeness (QED) is 0.597. The van der Waals surface area contributed by atoms with Crippen molar-refractivity contribution in [1.29, 1.82) is 0 Å². The first kappa shape index (κ1) is 8.98. The van der Waals surface area contributed by atoms with Crippen molar-refractivity contribution in [3.63, 3.8) is 0 Å². The van der Waals surface area contributed by atoms with Crippen LogP contribution in [-0.2, 0) is 9.84 Å². The summed E-state index contributed by atoms with van der Waals surface area (Å²) in [7, 11) is -3.94. The topological polar surface area (TPSA) is 59.9 Å². The predicted octanol–water partition coefficient (Wildman–Crippen LogP) is 0.158. The molecule has 0 radical (unpaired) electrons. The maximum atomic E-state index is 12.6. The number of sulfone groups is 1. The molecule has 12 heavy (non-hydrogen) atoms. The molecule has 0 unspecified atom stereocenters. The van der Waals surface area contributed by atoms with Crippen LogP contribution in [0.5, 0.6) is 0 Å². The lowest BCUT2D eigenvalue weighted by molar-refractivity contribution is 0.470. The van der Waals surface area contributed by atoms with E-state index in [2.05, 4.69) is 9.97 Å². The smallest absolute Gasteiger partial charge is 0.224 e. The molecule has 0 aromatic carbocycles. The molecule has 0 spiro atoms. The van der Waals surface area contributed by atoms with E-state index in [0.717, 1.165) is 0 Å². The van der Waals surface area contributed by atoms with Gasteiger partial charge in [-0.25, -0.2) is 18.4 Å². The van der Waals surface area contributed by atoms with Crippen molar-refractivity contribution in [3.8, 4) is 0 Å². The first-order chi connectivity index (χ1) is 5.43. The molecule has 0 fully saturated rings. The van der Waals surface area contributed by atoms with E-state index >= 15 is 0 Å². The first-order valence-corrected chi connectivity index (χ1v) is 4.68. The second-order valence-corrected chi connectivity index (χ2v) is 4.01. The van der Waals surface area contributed by atoms with Crippen LogP contribution in [0.3, 0.4) is 0 Å². The van der Waals surface area contributed by atoms with Crippen LogP contribution in [0.2, 0.25) is 0 Å². The number of aromatic nitrogens is 2. The van der Waals surface area contributed by atoms with Crippen molar-refractivity contribution in [2.45, 2.75) is 4.90 Å². The molecule has 1 aromatic rings. The van der Waals surface area contributed by atoms with E-state index in [0.29, 0.717) is 12.6 Å². The van der Waals surface area contributed by atoms with E-state index in [4.69, 9.17) is 0 Å². The van der Waals surface area contributed by atoms with Gasteiger partial charge in [0.2, 0.25) is 11.9 Å². The van der Waals surface area contributed by atoms with Crippen molar-refractivity contribution >= 4 is 9.84 Å². The van der Waals surface area contributed by atoms with Crippen molar-refractivity contribution in [1.82, 2.24) is 9.97 Å². The average Bonchev–Trinajstić information content (AvgIpc) is 1.82. The van der Waals surface area contributed by atoms with Crippen molar-refractivity contribution < 1.29 is 17.2 Å². The summed E-state index contributed by atoms with van der Waals surface area (Å²) < 4.78 is 46.6. The summed E-state index contributed by atoms with van der Waals surface area (Å²) in [5.41, 5.74) is 0. The maximum Gasteiger partial charge on any atom is 0.237 e. The molecule has 0 atom stereocenters. The second kappa shape index (κ2) is 2.74. The number of nitrogens with zero attached hydrogens (tertiary/aromatic N) is 2. The summed E-state index contributed by atoms with van der Waals surface area (Å²) in [4.78, 5) is 4.73. The van der Waals surface area contributed by atoms with Gasteiger partial charge in [0.1, 0.15) is 6.33 Å². The molecule has 66 valence electrons. The summed E-state index contributed by atoms with van der Waals surface area (Å²) in [6.45, 7) is 0. The number of rotatable bonds is 1. The molecule has 0 saturated heterocycles. The molecule has 0 bridgehead atoms. The third kappa shape index (κ3) is 1.55. The fraction of sp³-hybridized carbons (Fsp3) is 0.200. The van der Waals surface area contributed by atoms with Crippen molar-refractivity contribution in [3.05, 3.63) is 18.2 Å². The summed E-state index contributed by atoms with van der Waals surface area (Å²) in [5, 5.41) is 0. The van der Waals surface area contributed by atoms with Gasteiger partial charge in [0.15, 0.2) is 14.7 Å². The summed E-state index contributed by atoms with van der Waals surface area (Å²) in [6, 6.07) is 0. The molecule has 1 aromatic heterocycles. The van der Waals surface area contributed by atoms with Gasteiger partial charge < -0.3 is 0 Å². The van der Waals surface area contributed by atoms with Gasteiger partial charge >= 0.3 is 0 Å². The van der Waals surface area contributed by atoms with Gasteiger partial charge in [-0.1, -0.05) is 0 Å². The summed E-state index contributed by atoms with van der Waals surface area (Å²) in [6.07, 6.45) is 1.29. The minimum absolute atomic E-state index is 0.610. The lowest BCUT2D eigenvalue weighted by atomic mass is 10.6. The zero-order chi connectivity index (χ0) is 9.35. The Hall–Kier alpha value is -1.11. The van der Waals surface area contributed by atoms with Crippen molar-refractivity contribution in [2.75, 3.05) is 6.26 Å². The number of hydrogen-bond acceptors (Lipinski definition) is 4. The van der Waals surface area contributed by atoms with E-state index in [1.807, 2.05) is 0 Å². The van der Waals surface area contributed by atoms with Crippen LogP contribution in [0.1, 0.15) is 0 Å². The molecular formula is C5H4F2N2O2S. The maximum absolute atomic E-state index is 12.6. The first-order valence-electron chi connectivity index (χ1n) is 2.79. The van der Waals surface area contributed by atoms with Crippen LogP contribution in [0.4, 0.5) is 8.78 Å². The Bertz CT molecular complexity index is 384. The van der Waals surface area contributed by atoms with E-state index in [1.54, 1.807) is 0 Å². The standard InChI is InChI=1S/C5H4F2N2O2S/c1-12(10,11)3-4(6)8-2-9-5(3)7/h2H,1H3. The van der Waals surface area contributed by atoms with Gasteiger partial charge in [0.25, 0.3) is 0 Å². The van der Waals surface area contributed by atoms with Gasteiger partial charge in [0.05, 0.1) is 0 Å². The number of halogens is 2. The Kier molecular flexibility index (Phi) is 2.05. The van der Waals surface area contributed by atoms with Gasteiger partial charge in [-0.05, 0) is 0 Å². The lowest BCUT2D eigenvalue weighted by Gasteiger charge is -1.98. The SMILES string of the molecule is CS(=O)(=O)c1c(F)ncnc1F. The highest BCUT2D eigenvalue weighted by molar-refractivity contribution is 7.90. The largest absolute Gasteiger partial charge is 0.237 e. The lowest BCUT2D eigenvalue weighted by Crippen LogP contribution is -2.07. The summed E-state index contributed by atoms with van der Waals surface area (Å²) in [5.74, 6) is -2.74. The molecular weight excluding hydrogens is 190 g/mol. The molecule has 1 rings (SSSR count). The highest BCUT2D eigenvalue weighted by Crippen LogP contribution is 2.13. The normalized spacial score (nSPS) is 11.6. The van der Waals surface area contributed by atoms with Crippen LogP contribution in [0, 0.1) is 11.9 Å². The molecule has 0 aliphatic heterocycles. The molecule has 0 amide bonds. The predicted molar refractivity (Wildman–Crippen MR) is 35.1 cm³/mol. The van der Waals surface area contributed by atoms with Gasteiger partial charge in [-0.15, -0.1) is 0 Å². The molecule has 7 heteroatoms. The van der Waals surface area contributed by atoms with E-state index in [-0.39, 0.29) is 0 Å². The molecule has 1 heterocycles. The Morgan fingerprint density at radius 1 is 1.25 bits per heavy atom. The zero-order valence-corrected chi connectivity index (χ0v) is 6.77. The Morgan fingerprint density at radius 2 is 1.67 bits per heavy atom. The number of hydrogen-bond donors (Lipinski definition) is 0. The minimum atomic E-state index is -3.94. The van der Waals surface area contributed by atoms with Gasteiger partial charge in [-0.3, -0.25) is 0 Å². The fourth-order valence-corrected chi connectivity index (χ4v) is 1.36. The third-order valence-electron chi connectivity index (χ3n) is 1.09. The Balaban J connectivity index is 3.53. The highest BCUT2D eigenvalue weighted by atomic mass is 32.2. The van der Waals surface area contributed by atoms with E-state index in [1.165, 1.54) is 0 Å². The third-order valence-corrected chi connectivity index (χ3v) is 2.17. The molecule has 0 N–H and O–H groups in total. The second-order valence-electron chi connectivity index (χ2n) is 2.06. The minimum Gasteiger partial charge on any atom is -0.224 e. The summed E-state index contributed by atoms with van der Waals surface area (Å²) >= 11 is 0. The molecule has 0 aliphatic rings. The molecule has 0 saturated carbocycles. The van der Waals surface area contributed by atoms with Crippen LogP contribution in [0.25, 0.3) is 0 Å². The van der Waals surface area contributed by atoms with Crippen LogP contribution >= 0.6 is 0 Å². The van der Waals surface area contributed by atoms with E-state index in [9.17, 15) is 17.2 Å². The van der Waals surface area contributed by atoms with Crippen LogP contribution < -0.4 is 0 Å². The van der Waals surface area contributed by atoms with Crippen LogP contribution in [-0.4, -0.2) is 24.6 Å². The molecule has 0 aliphatic carbocycles. The monoisotopic (exact) mass is 194 g/mol. The average molecular weight is 194 g/mol. The van der Waals surface area contributed by atoms with Crippen LogP contribution in [0.15, 0.2) is 11.2 Å². The Morgan fingerprint density at radius 3 is 1.92 bits per heavy atom. The van der Waals surface area contributed by atoms with Gasteiger partial charge in [-0.2, -0.15) is 8.78 Å².